The number of benzene rings is 3. The number of ketones is 1. The molecule has 0 aromatic heterocycles. The predicted molar refractivity (Wildman–Crippen MR) is 236 cm³/mol. The summed E-state index contributed by atoms with van der Waals surface area (Å²) in [5.41, 5.74) is 1.58. The second-order valence-electron chi connectivity index (χ2n) is 21.3. The van der Waals surface area contributed by atoms with E-state index in [4.69, 9.17) is 4.74 Å². The van der Waals surface area contributed by atoms with Crippen molar-refractivity contribution >= 4 is 17.5 Å². The minimum atomic E-state index is -1.17. The summed E-state index contributed by atoms with van der Waals surface area (Å²) in [6.45, 7) is 10.4. The van der Waals surface area contributed by atoms with E-state index in [1.165, 1.54) is 12.8 Å². The molecular weight excluding hydrogens is 745 g/mol. The molecule has 0 radical (unpaired) electrons. The molecule has 6 saturated carbocycles. The minimum absolute atomic E-state index is 0.0152. The highest BCUT2D eigenvalue weighted by Gasteiger charge is 2.74. The maximum atomic E-state index is 15.6. The fourth-order valence-electron chi connectivity index (χ4n) is 15.2. The average Bonchev–Trinajstić information content (AvgIpc) is 3.53. The first-order chi connectivity index (χ1) is 28.7. The SMILES string of the molecule is COc1ccc(NC(=O)N(CC2CCC3CC2C3(C)C)CC2(O)CCC3C45C=CC6(C=C4C(=O)c4ccccc4-c4ccccc4)CC(O)CCC6(C)C5CCC32C)cc1. The van der Waals surface area contributed by atoms with Crippen LogP contribution in [-0.4, -0.2) is 58.8 Å². The molecule has 0 heterocycles. The van der Waals surface area contributed by atoms with Crippen molar-refractivity contribution in [1.82, 2.24) is 4.90 Å². The summed E-state index contributed by atoms with van der Waals surface area (Å²) in [4.78, 5) is 32.2. The standard InChI is InChI=1S/C53H64N2O5/c1-48(2)36-16-15-35(42(48)29-36)32-55(47(58)54-37-17-19-39(60-5)20-18-37)33-52(59)26-23-45-50(52,4)25-22-44-49(3)24-21-38(56)30-51(49)27-28-53(44,45)43(31-51)46(57)41-14-10-9-13-40(41)34-11-7-6-8-12-34/h6-14,17-20,27-28,31,35-36,38,42,44-45,56,59H,15-16,21-26,29-30,32-33H2,1-5H3,(H,54,58). The second kappa shape index (κ2) is 13.9. The molecule has 7 heteroatoms. The number of urea groups is 1. The fourth-order valence-corrected chi connectivity index (χ4v) is 15.2. The molecule has 2 amide bonds. The Balaban J connectivity index is 1.04. The highest BCUT2D eigenvalue weighted by atomic mass is 16.5. The van der Waals surface area contributed by atoms with Gasteiger partial charge in [0.1, 0.15) is 5.75 Å². The van der Waals surface area contributed by atoms with Gasteiger partial charge in [-0.2, -0.15) is 0 Å². The lowest BCUT2D eigenvalue weighted by molar-refractivity contribution is -0.176. The highest BCUT2D eigenvalue weighted by Crippen LogP contribution is 2.78. The molecule has 9 aliphatic rings. The molecule has 11 atom stereocenters. The van der Waals surface area contributed by atoms with Crippen molar-refractivity contribution in [3.63, 3.8) is 0 Å². The quantitative estimate of drug-likeness (QED) is 0.148. The molecule has 9 aliphatic carbocycles. The fraction of sp³-hybridized carbons (Fsp3) is 0.547. The van der Waals surface area contributed by atoms with Gasteiger partial charge in [-0.15, -0.1) is 0 Å². The van der Waals surface area contributed by atoms with Gasteiger partial charge in [-0.05, 0) is 140 Å². The van der Waals surface area contributed by atoms with Gasteiger partial charge in [0.25, 0.3) is 0 Å². The first-order valence-corrected chi connectivity index (χ1v) is 22.9. The molecule has 3 N–H and O–H groups in total. The van der Waals surface area contributed by atoms with Crippen LogP contribution < -0.4 is 10.1 Å². The van der Waals surface area contributed by atoms with Crippen molar-refractivity contribution in [2.75, 3.05) is 25.5 Å². The number of nitrogens with zero attached hydrogens (tertiary/aromatic N) is 1. The molecule has 3 aromatic rings. The third-order valence-corrected chi connectivity index (χ3v) is 18.8. The van der Waals surface area contributed by atoms with Crippen molar-refractivity contribution in [2.24, 2.45) is 56.7 Å². The summed E-state index contributed by atoms with van der Waals surface area (Å²) in [5.74, 6) is 2.65. The highest BCUT2D eigenvalue weighted by molar-refractivity contribution is 6.14. The summed E-state index contributed by atoms with van der Waals surface area (Å²) in [5, 5.41) is 27.9. The van der Waals surface area contributed by atoms with Crippen molar-refractivity contribution in [1.29, 1.82) is 0 Å². The smallest absolute Gasteiger partial charge is 0.321 e. The van der Waals surface area contributed by atoms with E-state index in [0.29, 0.717) is 42.5 Å². The average molecular weight is 809 g/mol. The van der Waals surface area contributed by atoms with Gasteiger partial charge in [-0.1, -0.05) is 101 Å². The van der Waals surface area contributed by atoms with Crippen molar-refractivity contribution in [3.05, 3.63) is 108 Å². The summed E-state index contributed by atoms with van der Waals surface area (Å²) in [7, 11) is 1.64. The Hall–Kier alpha value is -4.20. The molecule has 0 aliphatic heterocycles. The summed E-state index contributed by atoms with van der Waals surface area (Å²) in [6, 6.07) is 25.5. The lowest BCUT2D eigenvalue weighted by atomic mass is 9.32. The van der Waals surface area contributed by atoms with Crippen LogP contribution in [0.15, 0.2) is 103 Å². The van der Waals surface area contributed by atoms with E-state index in [9.17, 15) is 15.0 Å². The number of aliphatic hydroxyl groups is 2. The number of carbonyl (C=O) groups is 2. The van der Waals surface area contributed by atoms with Crippen LogP contribution in [0.4, 0.5) is 10.5 Å². The zero-order valence-corrected chi connectivity index (χ0v) is 36.3. The maximum absolute atomic E-state index is 15.6. The van der Waals surface area contributed by atoms with Crippen LogP contribution in [0, 0.1) is 56.7 Å². The Morgan fingerprint density at radius 1 is 0.817 bits per heavy atom. The first-order valence-electron chi connectivity index (χ1n) is 22.9. The second-order valence-corrected chi connectivity index (χ2v) is 21.3. The summed E-state index contributed by atoms with van der Waals surface area (Å²) >= 11 is 0. The Morgan fingerprint density at radius 3 is 2.25 bits per heavy atom. The number of amides is 2. The van der Waals surface area contributed by atoms with Crippen LogP contribution in [0.1, 0.15) is 102 Å². The van der Waals surface area contributed by atoms with Crippen LogP contribution in [0.25, 0.3) is 11.1 Å². The van der Waals surface area contributed by atoms with E-state index < -0.39 is 27.9 Å². The number of fused-ring (bicyclic) bond motifs is 3. The Labute approximate surface area is 356 Å². The molecular formula is C53H64N2O5. The van der Waals surface area contributed by atoms with E-state index >= 15 is 4.79 Å². The summed E-state index contributed by atoms with van der Waals surface area (Å²) in [6.07, 6.45) is 15.5. The van der Waals surface area contributed by atoms with Gasteiger partial charge in [0, 0.05) is 39.6 Å². The van der Waals surface area contributed by atoms with E-state index in [1.54, 1.807) is 7.11 Å². The topological polar surface area (TPSA) is 99.1 Å². The summed E-state index contributed by atoms with van der Waals surface area (Å²) < 4.78 is 5.40. The van der Waals surface area contributed by atoms with E-state index in [2.05, 4.69) is 69.4 Å². The minimum Gasteiger partial charge on any atom is -0.497 e. The van der Waals surface area contributed by atoms with E-state index in [0.717, 1.165) is 66.9 Å². The Morgan fingerprint density at radius 2 is 1.52 bits per heavy atom. The Bertz CT molecular complexity index is 2250. The van der Waals surface area contributed by atoms with Crippen LogP contribution >= 0.6 is 0 Å². The van der Waals surface area contributed by atoms with Crippen LogP contribution in [0.2, 0.25) is 0 Å². The number of hydrogen-bond acceptors (Lipinski definition) is 5. The molecule has 11 unspecified atom stereocenters. The van der Waals surface area contributed by atoms with Gasteiger partial charge in [0.2, 0.25) is 0 Å². The van der Waals surface area contributed by atoms with Crippen LogP contribution in [0.3, 0.4) is 0 Å². The normalized spacial score (nSPS) is 39.0. The van der Waals surface area contributed by atoms with Crippen molar-refractivity contribution < 1.29 is 24.5 Å². The van der Waals surface area contributed by atoms with Gasteiger partial charge >= 0.3 is 6.03 Å². The zero-order valence-electron chi connectivity index (χ0n) is 36.3. The molecule has 6 fully saturated rings. The zero-order chi connectivity index (χ0) is 41.9. The number of allylic oxidation sites excluding steroid dienone is 4. The number of aliphatic hydroxyl groups excluding tert-OH is 1. The third kappa shape index (κ3) is 5.59. The largest absolute Gasteiger partial charge is 0.497 e. The number of anilines is 1. The molecule has 2 spiro atoms. The molecule has 3 aromatic carbocycles. The molecule has 4 bridgehead atoms. The number of methoxy groups -OCH3 is 1. The number of nitrogens with one attached hydrogen (secondary N) is 1. The van der Waals surface area contributed by atoms with E-state index in [1.807, 2.05) is 65.6 Å². The van der Waals surface area contributed by atoms with E-state index in [-0.39, 0.29) is 41.0 Å². The van der Waals surface area contributed by atoms with Gasteiger partial charge in [-0.25, -0.2) is 4.79 Å². The van der Waals surface area contributed by atoms with Gasteiger partial charge < -0.3 is 25.2 Å². The number of rotatable bonds is 9. The molecule has 12 rings (SSSR count). The molecule has 0 saturated heterocycles. The molecule has 316 valence electrons. The lowest BCUT2D eigenvalue weighted by Gasteiger charge is -2.71. The lowest BCUT2D eigenvalue weighted by Crippen LogP contribution is -2.67. The molecule has 60 heavy (non-hydrogen) atoms. The number of ether oxygens (including phenoxy) is 1. The Kier molecular flexibility index (Phi) is 9.25. The first kappa shape index (κ1) is 39.9. The number of hydrogen-bond donors (Lipinski definition) is 3. The number of carbonyl (C=O) groups excluding carboxylic acids is 2. The van der Waals surface area contributed by atoms with Crippen LogP contribution in [-0.2, 0) is 0 Å². The van der Waals surface area contributed by atoms with Crippen molar-refractivity contribution in [2.45, 2.75) is 104 Å². The van der Waals surface area contributed by atoms with Gasteiger partial charge in [-0.3, -0.25) is 4.79 Å². The molecule has 7 nitrogen and oxygen atoms in total. The number of Topliss-reactive ketones (excluding diaryl/α,β-unsaturated/α-hetero) is 1. The third-order valence-electron chi connectivity index (χ3n) is 18.8. The van der Waals surface area contributed by atoms with Gasteiger partial charge in [0.15, 0.2) is 5.78 Å². The monoisotopic (exact) mass is 808 g/mol. The van der Waals surface area contributed by atoms with Crippen LogP contribution in [0.5, 0.6) is 5.75 Å². The maximum Gasteiger partial charge on any atom is 0.321 e. The predicted octanol–water partition coefficient (Wildman–Crippen LogP) is 10.7. The van der Waals surface area contributed by atoms with Crippen molar-refractivity contribution in [3.8, 4) is 16.9 Å². The van der Waals surface area contributed by atoms with Gasteiger partial charge in [0.05, 0.1) is 25.4 Å².